The highest BCUT2D eigenvalue weighted by Gasteiger charge is 2.12. The average Bonchev–Trinajstić information content (AvgIpc) is 3.32. The van der Waals surface area contributed by atoms with Crippen LogP contribution in [0.3, 0.4) is 0 Å². The minimum atomic E-state index is -0.139. The molecule has 0 rings (SSSR count). The van der Waals surface area contributed by atoms with Gasteiger partial charge in [0.25, 0.3) is 0 Å². The predicted octanol–water partition coefficient (Wildman–Crippen LogP) is 18.7. The topological polar surface area (TPSA) is 82.1 Å². The highest BCUT2D eigenvalue weighted by atomic mass is 16.5. The zero-order valence-corrected chi connectivity index (χ0v) is 45.6. The molecule has 0 amide bonds. The first-order chi connectivity index (χ1) is 33.0. The van der Waals surface area contributed by atoms with Gasteiger partial charge in [-0.2, -0.15) is 0 Å². The van der Waals surface area contributed by atoms with Crippen LogP contribution in [0.5, 0.6) is 0 Å². The van der Waals surface area contributed by atoms with Crippen LogP contribution < -0.4 is 0 Å². The molecule has 0 fully saturated rings. The van der Waals surface area contributed by atoms with Crippen LogP contribution in [0, 0.1) is 0 Å². The summed E-state index contributed by atoms with van der Waals surface area (Å²) in [5, 5.41) is 0. The maximum atomic E-state index is 12.5. The van der Waals surface area contributed by atoms with Crippen molar-refractivity contribution in [2.75, 3.05) is 39.5 Å². The Morgan fingerprint density at radius 2 is 0.388 bits per heavy atom. The maximum Gasteiger partial charge on any atom is 0.305 e. The first-order valence-electron chi connectivity index (χ1n) is 30.2. The van der Waals surface area contributed by atoms with E-state index in [-0.39, 0.29) is 37.7 Å². The molecule has 0 heterocycles. The lowest BCUT2D eigenvalue weighted by atomic mass is 10.0. The summed E-state index contributed by atoms with van der Waals surface area (Å²) in [5.41, 5.74) is 0. The number of ether oxygens (including phenoxy) is 3. The molecule has 0 aliphatic carbocycles. The van der Waals surface area contributed by atoms with Crippen LogP contribution in [0.25, 0.3) is 0 Å². The molecule has 0 aromatic rings. The fourth-order valence-corrected chi connectivity index (χ4v) is 9.34. The van der Waals surface area contributed by atoms with E-state index in [1.54, 1.807) is 0 Å². The summed E-state index contributed by atoms with van der Waals surface area (Å²) < 4.78 is 16.9. The molecular weight excluding hydrogens is 831 g/mol. The molecule has 0 atom stereocenters. The summed E-state index contributed by atoms with van der Waals surface area (Å²) >= 11 is 0. The number of esters is 3. The number of hydrogen-bond donors (Lipinski definition) is 0. The Morgan fingerprint density at radius 3 is 0.552 bits per heavy atom. The second-order valence-corrected chi connectivity index (χ2v) is 20.6. The van der Waals surface area contributed by atoms with Crippen LogP contribution in [0.4, 0.5) is 0 Å². The van der Waals surface area contributed by atoms with Gasteiger partial charge in [-0.25, -0.2) is 0 Å². The minimum absolute atomic E-state index is 0.139. The van der Waals surface area contributed by atoms with Crippen molar-refractivity contribution in [3.63, 3.8) is 0 Å². The summed E-state index contributed by atoms with van der Waals surface area (Å²) in [5.74, 6) is -0.418. The second kappa shape index (κ2) is 57.0. The van der Waals surface area contributed by atoms with Crippen LogP contribution in [0.2, 0.25) is 0 Å². The van der Waals surface area contributed by atoms with Gasteiger partial charge in [-0.05, 0) is 19.3 Å². The number of unbranched alkanes of at least 4 members (excludes halogenated alkanes) is 42. The Morgan fingerprint density at radius 1 is 0.239 bits per heavy atom. The van der Waals surface area contributed by atoms with Gasteiger partial charge in [0.2, 0.25) is 0 Å². The molecule has 0 aliphatic rings. The smallest absolute Gasteiger partial charge is 0.305 e. The molecule has 0 N–H and O–H groups in total. The lowest BCUT2D eigenvalue weighted by molar-refractivity contribution is -0.144. The molecule has 0 saturated carbocycles. The molecule has 0 bridgehead atoms. The molecule has 398 valence electrons. The van der Waals surface area contributed by atoms with Gasteiger partial charge in [0, 0.05) is 38.9 Å². The molecule has 0 radical (unpaired) electrons. The fourth-order valence-electron chi connectivity index (χ4n) is 9.34. The van der Waals surface area contributed by atoms with Crippen molar-refractivity contribution < 1.29 is 28.6 Å². The van der Waals surface area contributed by atoms with Gasteiger partial charge in [-0.15, -0.1) is 0 Å². The van der Waals surface area contributed by atoms with Gasteiger partial charge in [-0.3, -0.25) is 19.3 Å². The molecule has 7 heteroatoms. The van der Waals surface area contributed by atoms with Crippen LogP contribution in [-0.2, 0) is 28.6 Å². The number of hydrogen-bond acceptors (Lipinski definition) is 7. The lowest BCUT2D eigenvalue weighted by Gasteiger charge is -2.22. The van der Waals surface area contributed by atoms with E-state index >= 15 is 0 Å². The van der Waals surface area contributed by atoms with Crippen LogP contribution in [0.15, 0.2) is 0 Å². The third kappa shape index (κ3) is 55.2. The van der Waals surface area contributed by atoms with E-state index in [2.05, 4.69) is 25.7 Å². The van der Waals surface area contributed by atoms with E-state index in [0.29, 0.717) is 38.9 Å². The first-order valence-corrected chi connectivity index (χ1v) is 30.2. The fraction of sp³-hybridized carbons (Fsp3) is 0.950. The van der Waals surface area contributed by atoms with Gasteiger partial charge >= 0.3 is 17.9 Å². The highest BCUT2D eigenvalue weighted by Crippen LogP contribution is 2.17. The maximum absolute atomic E-state index is 12.5. The zero-order valence-electron chi connectivity index (χ0n) is 45.6. The average molecular weight is 949 g/mol. The van der Waals surface area contributed by atoms with Crippen LogP contribution in [0.1, 0.15) is 329 Å². The van der Waals surface area contributed by atoms with Crippen molar-refractivity contribution in [3.05, 3.63) is 0 Å². The Balaban J connectivity index is 4.27. The van der Waals surface area contributed by atoms with Gasteiger partial charge in [0.1, 0.15) is 19.8 Å². The number of carbonyl (C=O) groups excluding carboxylic acids is 3. The van der Waals surface area contributed by atoms with E-state index in [9.17, 15) is 14.4 Å². The Bertz CT molecular complexity index is 881. The summed E-state index contributed by atoms with van der Waals surface area (Å²) in [6.07, 6.45) is 60.0. The Kier molecular flexibility index (Phi) is 55.6. The lowest BCUT2D eigenvalue weighted by Crippen LogP contribution is -2.35. The van der Waals surface area contributed by atoms with E-state index in [1.807, 2.05) is 0 Å². The second-order valence-electron chi connectivity index (χ2n) is 20.6. The zero-order chi connectivity index (χ0) is 48.6. The van der Waals surface area contributed by atoms with Gasteiger partial charge < -0.3 is 14.2 Å². The molecule has 0 spiro atoms. The van der Waals surface area contributed by atoms with Gasteiger partial charge in [-0.1, -0.05) is 290 Å². The van der Waals surface area contributed by atoms with E-state index in [0.717, 1.165) is 38.5 Å². The van der Waals surface area contributed by atoms with E-state index in [4.69, 9.17) is 14.2 Å². The van der Waals surface area contributed by atoms with E-state index in [1.165, 1.54) is 250 Å². The molecule has 0 aromatic carbocycles. The van der Waals surface area contributed by atoms with Gasteiger partial charge in [0.05, 0.1) is 0 Å². The normalized spacial score (nSPS) is 11.5. The standard InChI is InChI=1S/C60H117NO6/c1-4-7-10-13-16-19-22-25-28-31-34-37-40-43-46-49-58(62)65-55-52-61(53-56-66-59(63)50-47-44-41-38-35-32-29-26-23-20-17-14-11-8-5-2)54-57-67-60(64)51-48-45-42-39-36-33-30-27-24-21-18-15-12-9-6-3/h4-57H2,1-3H3. The first kappa shape index (κ1) is 65.4. The largest absolute Gasteiger partial charge is 0.464 e. The van der Waals surface area contributed by atoms with Crippen molar-refractivity contribution in [2.45, 2.75) is 329 Å². The summed E-state index contributed by atoms with van der Waals surface area (Å²) in [4.78, 5) is 39.7. The molecule has 0 aromatic heterocycles. The monoisotopic (exact) mass is 948 g/mol. The van der Waals surface area contributed by atoms with Crippen molar-refractivity contribution >= 4 is 17.9 Å². The third-order valence-corrected chi connectivity index (χ3v) is 14.0. The minimum Gasteiger partial charge on any atom is -0.464 e. The van der Waals surface area contributed by atoms with Crippen LogP contribution in [-0.4, -0.2) is 62.3 Å². The Hall–Kier alpha value is -1.63. The molecule has 0 saturated heterocycles. The van der Waals surface area contributed by atoms with Gasteiger partial charge in [0.15, 0.2) is 0 Å². The number of nitrogens with zero attached hydrogens (tertiary/aromatic N) is 1. The molecule has 7 nitrogen and oxygen atoms in total. The highest BCUT2D eigenvalue weighted by molar-refractivity contribution is 5.70. The molecule has 67 heavy (non-hydrogen) atoms. The van der Waals surface area contributed by atoms with Crippen molar-refractivity contribution in [1.29, 1.82) is 0 Å². The Labute approximate surface area is 418 Å². The number of rotatable bonds is 57. The van der Waals surface area contributed by atoms with E-state index < -0.39 is 0 Å². The quantitative estimate of drug-likeness (QED) is 0.0341. The van der Waals surface area contributed by atoms with Crippen molar-refractivity contribution in [3.8, 4) is 0 Å². The third-order valence-electron chi connectivity index (χ3n) is 14.0. The molecule has 0 unspecified atom stereocenters. The summed E-state index contributed by atoms with van der Waals surface area (Å²) in [6.45, 7) is 9.28. The SMILES string of the molecule is CCCCCCCCCCCCCCCCCC(=O)OCCN(CCOC(=O)CCCCCCCCCCCCCCCCC)CCOC(=O)CCCCCCCCCCCCCCCCC. The van der Waals surface area contributed by atoms with Crippen molar-refractivity contribution in [1.82, 2.24) is 4.90 Å². The number of carbonyl (C=O) groups is 3. The molecular formula is C60H117NO6. The van der Waals surface area contributed by atoms with Crippen molar-refractivity contribution in [2.24, 2.45) is 0 Å². The van der Waals surface area contributed by atoms with Crippen LogP contribution >= 0.6 is 0 Å². The summed E-state index contributed by atoms with van der Waals surface area (Å²) in [6, 6.07) is 0. The molecule has 0 aliphatic heterocycles. The predicted molar refractivity (Wildman–Crippen MR) is 288 cm³/mol. The summed E-state index contributed by atoms with van der Waals surface area (Å²) in [7, 11) is 0.